The van der Waals surface area contributed by atoms with E-state index >= 15 is 0 Å². The van der Waals surface area contributed by atoms with Crippen LogP contribution in [0.15, 0.2) is 29.2 Å². The molecular formula is C13H17F2NOS. The smallest absolute Gasteiger partial charge is 0.288 e. The number of nitrogens with two attached hydrogens (primary N) is 1. The van der Waals surface area contributed by atoms with Crippen molar-refractivity contribution in [2.75, 3.05) is 0 Å². The molecule has 0 heterocycles. The number of hydrogen-bond acceptors (Lipinski definition) is 3. The topological polar surface area (TPSA) is 46.2 Å². The van der Waals surface area contributed by atoms with Crippen LogP contribution in [0.25, 0.3) is 0 Å². The van der Waals surface area contributed by atoms with Gasteiger partial charge in [-0.25, -0.2) is 0 Å². The Hall–Kier alpha value is -0.650. The van der Waals surface area contributed by atoms with Crippen molar-refractivity contribution >= 4 is 11.8 Å². The third-order valence-electron chi connectivity index (χ3n) is 3.50. The first kappa shape index (κ1) is 13.8. The Bertz CT molecular complexity index is 388. The molecule has 0 saturated heterocycles. The summed E-state index contributed by atoms with van der Waals surface area (Å²) in [7, 11) is 0. The van der Waals surface area contributed by atoms with Crippen molar-refractivity contribution in [1.82, 2.24) is 0 Å². The van der Waals surface area contributed by atoms with Gasteiger partial charge in [0.2, 0.25) is 0 Å². The van der Waals surface area contributed by atoms with Gasteiger partial charge < -0.3 is 10.8 Å². The number of aliphatic hydroxyl groups is 1. The van der Waals surface area contributed by atoms with Crippen molar-refractivity contribution in [2.24, 2.45) is 5.73 Å². The average Bonchev–Trinajstić information content (AvgIpc) is 2.33. The number of benzene rings is 1. The van der Waals surface area contributed by atoms with Crippen LogP contribution in [0.4, 0.5) is 8.78 Å². The van der Waals surface area contributed by atoms with Gasteiger partial charge in [-0.05, 0) is 43.4 Å². The van der Waals surface area contributed by atoms with Crippen molar-refractivity contribution in [3.8, 4) is 0 Å². The summed E-state index contributed by atoms with van der Waals surface area (Å²) < 4.78 is 24.4. The maximum Gasteiger partial charge on any atom is 0.288 e. The molecule has 1 aromatic rings. The Balaban J connectivity index is 2.09. The predicted octanol–water partition coefficient (Wildman–Crippen LogP) is 3.09. The van der Waals surface area contributed by atoms with E-state index in [1.54, 1.807) is 12.1 Å². The largest absolute Gasteiger partial charge is 0.393 e. The summed E-state index contributed by atoms with van der Waals surface area (Å²) in [6, 6.07) is 7.02. The van der Waals surface area contributed by atoms with Gasteiger partial charge >= 0.3 is 0 Å². The van der Waals surface area contributed by atoms with Gasteiger partial charge in [0, 0.05) is 10.4 Å². The van der Waals surface area contributed by atoms with E-state index in [9.17, 15) is 13.9 Å². The lowest BCUT2D eigenvalue weighted by Crippen LogP contribution is -2.41. The molecule has 1 saturated carbocycles. The zero-order valence-electron chi connectivity index (χ0n) is 9.98. The van der Waals surface area contributed by atoms with Crippen molar-refractivity contribution in [2.45, 2.75) is 48.0 Å². The molecule has 0 amide bonds. The van der Waals surface area contributed by atoms with Gasteiger partial charge in [0.25, 0.3) is 5.76 Å². The summed E-state index contributed by atoms with van der Waals surface area (Å²) in [5, 5.41) is 9.49. The molecule has 0 aliphatic heterocycles. The van der Waals surface area contributed by atoms with Crippen LogP contribution in [0.5, 0.6) is 0 Å². The van der Waals surface area contributed by atoms with Gasteiger partial charge in [0.1, 0.15) is 0 Å². The zero-order chi connectivity index (χ0) is 13.2. The Morgan fingerprint density at radius 1 is 1.22 bits per heavy atom. The van der Waals surface area contributed by atoms with Crippen LogP contribution in [-0.2, 0) is 5.54 Å². The molecule has 0 bridgehead atoms. The van der Waals surface area contributed by atoms with Crippen LogP contribution in [0.3, 0.4) is 0 Å². The summed E-state index contributed by atoms with van der Waals surface area (Å²) in [6.07, 6.45) is 2.61. The van der Waals surface area contributed by atoms with Crippen LogP contribution in [0.2, 0.25) is 0 Å². The molecule has 1 aliphatic rings. The highest BCUT2D eigenvalue weighted by molar-refractivity contribution is 7.99. The minimum Gasteiger partial charge on any atom is -0.393 e. The van der Waals surface area contributed by atoms with Crippen LogP contribution in [0.1, 0.15) is 31.2 Å². The lowest BCUT2D eigenvalue weighted by molar-refractivity contribution is 0.0969. The monoisotopic (exact) mass is 273 g/mol. The second-order valence-electron chi connectivity index (χ2n) is 4.79. The van der Waals surface area contributed by atoms with Crippen LogP contribution >= 0.6 is 11.8 Å². The fourth-order valence-electron chi connectivity index (χ4n) is 2.37. The maximum atomic E-state index is 12.2. The Morgan fingerprint density at radius 2 is 1.78 bits per heavy atom. The maximum absolute atomic E-state index is 12.2. The normalized spacial score (nSPS) is 28.6. The van der Waals surface area contributed by atoms with E-state index < -0.39 is 11.3 Å². The van der Waals surface area contributed by atoms with E-state index in [0.29, 0.717) is 29.5 Å². The molecule has 0 aromatic heterocycles. The number of thioether (sulfide) groups is 1. The quantitative estimate of drug-likeness (QED) is 0.832. The van der Waals surface area contributed by atoms with Crippen LogP contribution in [0, 0.1) is 0 Å². The number of hydrogen-bond donors (Lipinski definition) is 2. The minimum absolute atomic E-state index is 0.254. The summed E-state index contributed by atoms with van der Waals surface area (Å²) >= 11 is 0.539. The molecule has 100 valence electrons. The highest BCUT2D eigenvalue weighted by atomic mass is 32.2. The predicted molar refractivity (Wildman–Crippen MR) is 68.6 cm³/mol. The van der Waals surface area contributed by atoms with Gasteiger partial charge in [-0.15, -0.1) is 0 Å². The van der Waals surface area contributed by atoms with Crippen molar-refractivity contribution in [3.05, 3.63) is 29.8 Å². The molecule has 18 heavy (non-hydrogen) atoms. The summed E-state index contributed by atoms with van der Waals surface area (Å²) in [5.41, 5.74) is 6.87. The lowest BCUT2D eigenvalue weighted by atomic mass is 9.76. The van der Waals surface area contributed by atoms with Crippen molar-refractivity contribution < 1.29 is 13.9 Å². The molecule has 5 heteroatoms. The summed E-state index contributed by atoms with van der Waals surface area (Å²) in [5.74, 6) is -2.40. The van der Waals surface area contributed by atoms with Crippen molar-refractivity contribution in [3.63, 3.8) is 0 Å². The molecule has 3 N–H and O–H groups in total. The molecular weight excluding hydrogens is 256 g/mol. The lowest BCUT2D eigenvalue weighted by Gasteiger charge is -2.36. The number of rotatable bonds is 3. The fourth-order valence-corrected chi connectivity index (χ4v) is 2.87. The molecule has 0 radical (unpaired) electrons. The Labute approximate surface area is 110 Å². The van der Waals surface area contributed by atoms with E-state index in [4.69, 9.17) is 5.73 Å². The first-order chi connectivity index (χ1) is 8.49. The second kappa shape index (κ2) is 5.55. The molecule has 1 aromatic carbocycles. The van der Waals surface area contributed by atoms with Gasteiger partial charge in [-0.1, -0.05) is 23.9 Å². The molecule has 1 fully saturated rings. The van der Waals surface area contributed by atoms with Gasteiger partial charge in [0.05, 0.1) is 6.10 Å². The van der Waals surface area contributed by atoms with Crippen molar-refractivity contribution in [1.29, 1.82) is 0 Å². The highest BCUT2D eigenvalue weighted by Gasteiger charge is 2.32. The standard InChI is InChI=1S/C13H17F2NOS/c14-12(15)18-11-3-1-9(2-4-11)13(16)7-5-10(17)6-8-13/h1-4,10,12,17H,5-8,16H2. The van der Waals surface area contributed by atoms with Crippen LogP contribution in [-0.4, -0.2) is 17.0 Å². The molecule has 0 unspecified atom stereocenters. The van der Waals surface area contributed by atoms with E-state index in [-0.39, 0.29) is 6.10 Å². The van der Waals surface area contributed by atoms with Crippen LogP contribution < -0.4 is 5.73 Å². The molecule has 0 spiro atoms. The summed E-state index contributed by atoms with van der Waals surface area (Å²) in [4.78, 5) is 0.549. The van der Waals surface area contributed by atoms with E-state index in [1.165, 1.54) is 0 Å². The average molecular weight is 273 g/mol. The first-order valence-corrected chi connectivity index (χ1v) is 6.90. The zero-order valence-corrected chi connectivity index (χ0v) is 10.8. The first-order valence-electron chi connectivity index (χ1n) is 6.02. The highest BCUT2D eigenvalue weighted by Crippen LogP contribution is 2.36. The number of alkyl halides is 2. The number of aliphatic hydroxyl groups excluding tert-OH is 1. The third kappa shape index (κ3) is 3.22. The van der Waals surface area contributed by atoms with Gasteiger partial charge in [-0.2, -0.15) is 8.78 Å². The molecule has 0 atom stereocenters. The fraction of sp³-hybridized carbons (Fsp3) is 0.538. The Morgan fingerprint density at radius 3 is 2.28 bits per heavy atom. The second-order valence-corrected chi connectivity index (χ2v) is 5.85. The number of halogens is 2. The Kier molecular flexibility index (Phi) is 4.25. The SMILES string of the molecule is NC1(c2ccc(SC(F)F)cc2)CCC(O)CC1. The van der Waals surface area contributed by atoms with E-state index in [1.807, 2.05) is 12.1 Å². The summed E-state index contributed by atoms with van der Waals surface area (Å²) in [6.45, 7) is 0. The molecule has 2 nitrogen and oxygen atoms in total. The minimum atomic E-state index is -2.40. The van der Waals surface area contributed by atoms with Gasteiger partial charge in [0.15, 0.2) is 0 Å². The molecule has 2 rings (SSSR count). The van der Waals surface area contributed by atoms with E-state index in [0.717, 1.165) is 18.4 Å². The molecule has 1 aliphatic carbocycles. The third-order valence-corrected chi connectivity index (χ3v) is 4.22. The van der Waals surface area contributed by atoms with E-state index in [2.05, 4.69) is 0 Å². The van der Waals surface area contributed by atoms with Gasteiger partial charge in [-0.3, -0.25) is 0 Å².